The molecule has 4 nitrogen and oxygen atoms in total. The lowest BCUT2D eigenvalue weighted by Gasteiger charge is -2.24. The molecular formula is C8H18O4S. The smallest absolute Gasteiger partial charge is 0.171 e. The van der Waals surface area contributed by atoms with Crippen LogP contribution in [0, 0.1) is 0 Å². The van der Waals surface area contributed by atoms with Crippen LogP contribution in [0.2, 0.25) is 0 Å². The Morgan fingerprint density at radius 1 is 1.23 bits per heavy atom. The Balaban J connectivity index is 3.89. The molecule has 0 unspecified atom stereocenters. The minimum atomic E-state index is -3.08. The molecule has 0 bridgehead atoms. The predicted molar refractivity (Wildman–Crippen MR) is 51.1 cm³/mol. The fraction of sp³-hybridized carbons (Fsp3) is 1.00. The Morgan fingerprint density at radius 2 is 1.77 bits per heavy atom. The number of hydrogen-bond donors (Lipinski definition) is 0. The summed E-state index contributed by atoms with van der Waals surface area (Å²) in [5, 5.41) is 0. The van der Waals surface area contributed by atoms with Gasteiger partial charge in [-0.3, -0.25) is 0 Å². The third-order valence-electron chi connectivity index (χ3n) is 1.27. The highest BCUT2D eigenvalue weighted by atomic mass is 32.2. The maximum absolute atomic E-state index is 10.8. The summed E-state index contributed by atoms with van der Waals surface area (Å²) in [6, 6.07) is 0. The number of hydrogen-bond acceptors (Lipinski definition) is 4. The molecule has 5 heteroatoms. The third-order valence-corrected chi connectivity index (χ3v) is 1.82. The summed E-state index contributed by atoms with van der Waals surface area (Å²) in [7, 11) is -3.08. The average molecular weight is 210 g/mol. The highest BCUT2D eigenvalue weighted by Crippen LogP contribution is 2.12. The van der Waals surface area contributed by atoms with Crippen molar-refractivity contribution in [2.45, 2.75) is 33.0 Å². The maximum Gasteiger partial charge on any atom is 0.171 e. The van der Waals surface area contributed by atoms with E-state index >= 15 is 0 Å². The van der Waals surface area contributed by atoms with Crippen molar-refractivity contribution in [3.8, 4) is 0 Å². The standard InChI is InChI=1S/C8H18O4S/c1-5-6-11-8(2,3)12-7-13(4,9)10/h5-7H2,1-4H3. The van der Waals surface area contributed by atoms with Crippen molar-refractivity contribution in [1.82, 2.24) is 0 Å². The summed E-state index contributed by atoms with van der Waals surface area (Å²) < 4.78 is 31.9. The van der Waals surface area contributed by atoms with Gasteiger partial charge in [0, 0.05) is 12.9 Å². The molecule has 0 atom stereocenters. The van der Waals surface area contributed by atoms with Crippen molar-refractivity contribution < 1.29 is 17.9 Å². The average Bonchev–Trinajstić information content (AvgIpc) is 1.97. The van der Waals surface area contributed by atoms with Crippen LogP contribution in [0.25, 0.3) is 0 Å². The minimum absolute atomic E-state index is 0.302. The van der Waals surface area contributed by atoms with Crippen LogP contribution >= 0.6 is 0 Å². The molecule has 0 aromatic rings. The van der Waals surface area contributed by atoms with Crippen molar-refractivity contribution in [3.63, 3.8) is 0 Å². The zero-order chi connectivity index (χ0) is 10.5. The SMILES string of the molecule is CCCOC(C)(C)OCS(C)(=O)=O. The summed E-state index contributed by atoms with van der Waals surface area (Å²) in [4.78, 5) is 0. The molecule has 0 spiro atoms. The second-order valence-corrected chi connectivity index (χ2v) is 5.52. The van der Waals surface area contributed by atoms with Crippen LogP contribution in [0.3, 0.4) is 0 Å². The van der Waals surface area contributed by atoms with E-state index < -0.39 is 15.6 Å². The lowest BCUT2D eigenvalue weighted by Crippen LogP contribution is -2.31. The first-order valence-electron chi connectivity index (χ1n) is 4.22. The molecule has 0 amide bonds. The van der Waals surface area contributed by atoms with Crippen LogP contribution in [0.5, 0.6) is 0 Å². The molecule has 0 aliphatic heterocycles. The first-order chi connectivity index (χ1) is 5.77. The molecular weight excluding hydrogens is 192 g/mol. The zero-order valence-corrected chi connectivity index (χ0v) is 9.48. The van der Waals surface area contributed by atoms with Gasteiger partial charge in [0.1, 0.15) is 0 Å². The van der Waals surface area contributed by atoms with E-state index in [0.717, 1.165) is 12.7 Å². The Morgan fingerprint density at radius 3 is 2.15 bits per heavy atom. The van der Waals surface area contributed by atoms with Gasteiger partial charge in [0.05, 0.1) is 0 Å². The number of ether oxygens (including phenoxy) is 2. The van der Waals surface area contributed by atoms with Crippen LogP contribution in [0.1, 0.15) is 27.2 Å². The molecule has 0 N–H and O–H groups in total. The number of sulfone groups is 1. The minimum Gasteiger partial charge on any atom is -0.350 e. The summed E-state index contributed by atoms with van der Waals surface area (Å²) in [5.41, 5.74) is 0. The first kappa shape index (κ1) is 12.9. The Hall–Kier alpha value is -0.130. The second kappa shape index (κ2) is 4.93. The molecule has 13 heavy (non-hydrogen) atoms. The van der Waals surface area contributed by atoms with E-state index in [9.17, 15) is 8.42 Å². The van der Waals surface area contributed by atoms with E-state index in [4.69, 9.17) is 9.47 Å². The van der Waals surface area contributed by atoms with Crippen LogP contribution in [0.15, 0.2) is 0 Å². The maximum atomic E-state index is 10.8. The van der Waals surface area contributed by atoms with Crippen LogP contribution in [-0.2, 0) is 19.3 Å². The normalized spacial score (nSPS) is 13.2. The van der Waals surface area contributed by atoms with Crippen LogP contribution < -0.4 is 0 Å². The third kappa shape index (κ3) is 8.21. The lowest BCUT2D eigenvalue weighted by molar-refractivity contribution is -0.202. The van der Waals surface area contributed by atoms with E-state index in [-0.39, 0.29) is 5.94 Å². The molecule has 0 aliphatic rings. The summed E-state index contributed by atoms with van der Waals surface area (Å²) in [6.45, 7) is 5.95. The van der Waals surface area contributed by atoms with Gasteiger partial charge >= 0.3 is 0 Å². The highest BCUT2D eigenvalue weighted by Gasteiger charge is 2.20. The van der Waals surface area contributed by atoms with E-state index in [2.05, 4.69) is 0 Å². The van der Waals surface area contributed by atoms with Crippen molar-refractivity contribution in [2.24, 2.45) is 0 Å². The molecule has 0 heterocycles. The van der Waals surface area contributed by atoms with Gasteiger partial charge in [0.15, 0.2) is 21.6 Å². The van der Waals surface area contributed by atoms with Gasteiger partial charge in [-0.15, -0.1) is 0 Å². The fourth-order valence-corrected chi connectivity index (χ4v) is 1.14. The number of rotatable bonds is 6. The van der Waals surface area contributed by atoms with Gasteiger partial charge in [0.25, 0.3) is 0 Å². The zero-order valence-electron chi connectivity index (χ0n) is 8.66. The summed E-state index contributed by atoms with van der Waals surface area (Å²) in [6.07, 6.45) is 2.01. The monoisotopic (exact) mass is 210 g/mol. The van der Waals surface area contributed by atoms with Gasteiger partial charge < -0.3 is 9.47 Å². The van der Waals surface area contributed by atoms with Crippen molar-refractivity contribution >= 4 is 9.84 Å². The molecule has 0 radical (unpaired) electrons. The van der Waals surface area contributed by atoms with Gasteiger partial charge in [-0.25, -0.2) is 8.42 Å². The molecule has 0 aliphatic carbocycles. The highest BCUT2D eigenvalue weighted by molar-refractivity contribution is 7.90. The van der Waals surface area contributed by atoms with Gasteiger partial charge in [-0.2, -0.15) is 0 Å². The Labute approximate surface area is 80.1 Å². The summed E-state index contributed by atoms with van der Waals surface area (Å²) in [5.74, 6) is -1.12. The van der Waals surface area contributed by atoms with Crippen molar-refractivity contribution in [3.05, 3.63) is 0 Å². The second-order valence-electron chi connectivity index (χ2n) is 3.44. The van der Waals surface area contributed by atoms with Crippen molar-refractivity contribution in [1.29, 1.82) is 0 Å². The molecule has 0 saturated heterocycles. The fourth-order valence-electron chi connectivity index (χ4n) is 0.638. The summed E-state index contributed by atoms with van der Waals surface area (Å²) >= 11 is 0. The van der Waals surface area contributed by atoms with E-state index in [1.54, 1.807) is 13.8 Å². The molecule has 0 saturated carbocycles. The van der Waals surface area contributed by atoms with Gasteiger partial charge in [-0.05, 0) is 20.3 Å². The lowest BCUT2D eigenvalue weighted by atomic mass is 10.4. The van der Waals surface area contributed by atoms with Gasteiger partial charge in [-0.1, -0.05) is 6.92 Å². The largest absolute Gasteiger partial charge is 0.350 e. The molecule has 0 fully saturated rings. The van der Waals surface area contributed by atoms with E-state index in [0.29, 0.717) is 6.61 Å². The molecule has 0 rings (SSSR count). The van der Waals surface area contributed by atoms with E-state index in [1.807, 2.05) is 6.92 Å². The molecule has 80 valence electrons. The predicted octanol–water partition coefficient (Wildman–Crippen LogP) is 1.17. The Kier molecular flexibility index (Phi) is 4.88. The van der Waals surface area contributed by atoms with E-state index in [1.165, 1.54) is 0 Å². The quantitative estimate of drug-likeness (QED) is 0.617. The molecule has 0 aromatic carbocycles. The Bertz CT molecular complexity index is 231. The van der Waals surface area contributed by atoms with Crippen LogP contribution in [-0.4, -0.2) is 33.0 Å². The van der Waals surface area contributed by atoms with Crippen molar-refractivity contribution in [2.75, 3.05) is 18.8 Å². The van der Waals surface area contributed by atoms with Gasteiger partial charge in [0.2, 0.25) is 0 Å². The van der Waals surface area contributed by atoms with Crippen LogP contribution in [0.4, 0.5) is 0 Å². The first-order valence-corrected chi connectivity index (χ1v) is 6.28. The molecule has 0 aromatic heterocycles. The topological polar surface area (TPSA) is 52.6 Å².